The van der Waals surface area contributed by atoms with Gasteiger partial charge >= 0.3 is 0 Å². The van der Waals surface area contributed by atoms with Crippen molar-refractivity contribution in [3.63, 3.8) is 0 Å². The van der Waals surface area contributed by atoms with Gasteiger partial charge in [0, 0.05) is 17.6 Å². The number of pyridine rings is 1. The lowest BCUT2D eigenvalue weighted by Crippen LogP contribution is -2.22. The molecule has 0 aliphatic heterocycles. The third kappa shape index (κ3) is 3.08. The van der Waals surface area contributed by atoms with E-state index in [9.17, 15) is 9.18 Å². The molecule has 0 aliphatic rings. The number of fused-ring (bicyclic) bond motifs is 1. The van der Waals surface area contributed by atoms with Crippen LogP contribution in [0, 0.1) is 5.82 Å². The first kappa shape index (κ1) is 16.4. The summed E-state index contributed by atoms with van der Waals surface area (Å²) >= 11 is 3.18. The number of halogens is 2. The summed E-state index contributed by atoms with van der Waals surface area (Å²) in [5, 5.41) is 11.4. The van der Waals surface area contributed by atoms with Crippen molar-refractivity contribution in [2.45, 2.75) is 6.54 Å². The van der Waals surface area contributed by atoms with Crippen LogP contribution in [0.4, 0.5) is 4.39 Å². The van der Waals surface area contributed by atoms with Gasteiger partial charge < -0.3 is 9.84 Å². The third-order valence-corrected chi connectivity index (χ3v) is 4.14. The minimum atomic E-state index is -0.331. The monoisotopic (exact) mass is 415 g/mol. The summed E-state index contributed by atoms with van der Waals surface area (Å²) < 4.78 is 20.3. The van der Waals surface area contributed by atoms with Crippen molar-refractivity contribution in [3.05, 3.63) is 70.7 Å². The molecule has 26 heavy (non-hydrogen) atoms. The van der Waals surface area contributed by atoms with Crippen LogP contribution < -0.4 is 5.32 Å². The topological polar surface area (TPSA) is 85.8 Å². The van der Waals surface area contributed by atoms with Gasteiger partial charge in [-0.1, -0.05) is 5.16 Å². The number of hydrogen-bond acceptors (Lipinski definition) is 5. The van der Waals surface area contributed by atoms with Crippen molar-refractivity contribution in [2.75, 3.05) is 0 Å². The highest BCUT2D eigenvalue weighted by Gasteiger charge is 2.15. The number of aromatic nitrogens is 4. The van der Waals surface area contributed by atoms with E-state index in [0.29, 0.717) is 32.5 Å². The first-order valence-corrected chi connectivity index (χ1v) is 8.38. The highest BCUT2D eigenvalue weighted by Crippen LogP contribution is 2.21. The van der Waals surface area contributed by atoms with Gasteiger partial charge in [-0.15, -0.1) is 0 Å². The van der Waals surface area contributed by atoms with Gasteiger partial charge in [0.05, 0.1) is 35.7 Å². The molecule has 1 amide bonds. The zero-order chi connectivity index (χ0) is 18.1. The van der Waals surface area contributed by atoms with Gasteiger partial charge in [0.15, 0.2) is 5.76 Å². The highest BCUT2D eigenvalue weighted by molar-refractivity contribution is 9.10. The van der Waals surface area contributed by atoms with Crippen LogP contribution >= 0.6 is 15.9 Å². The Labute approximate surface area is 154 Å². The van der Waals surface area contributed by atoms with E-state index in [2.05, 4.69) is 36.5 Å². The van der Waals surface area contributed by atoms with Gasteiger partial charge in [-0.2, -0.15) is 5.10 Å². The number of amides is 1. The van der Waals surface area contributed by atoms with Crippen molar-refractivity contribution in [1.82, 2.24) is 25.2 Å². The summed E-state index contributed by atoms with van der Waals surface area (Å²) in [6.45, 7) is 0.194. The fourth-order valence-electron chi connectivity index (χ4n) is 2.54. The largest absolute Gasteiger partial charge is 0.358 e. The van der Waals surface area contributed by atoms with Crippen LogP contribution in [0.5, 0.6) is 0 Å². The summed E-state index contributed by atoms with van der Waals surface area (Å²) in [6, 6.07) is 7.59. The number of rotatable bonds is 4. The minimum absolute atomic E-state index is 0.194. The number of carbonyl (C=O) groups excluding carboxylic acids is 1. The van der Waals surface area contributed by atoms with E-state index in [1.54, 1.807) is 35.3 Å². The summed E-state index contributed by atoms with van der Waals surface area (Å²) in [6.07, 6.45) is 4.67. The molecule has 0 aliphatic carbocycles. The molecule has 1 N–H and O–H groups in total. The van der Waals surface area contributed by atoms with Crippen molar-refractivity contribution in [1.29, 1.82) is 0 Å². The van der Waals surface area contributed by atoms with E-state index in [0.717, 1.165) is 0 Å². The summed E-state index contributed by atoms with van der Waals surface area (Å²) in [7, 11) is 0. The Morgan fingerprint density at radius 3 is 2.77 bits per heavy atom. The number of nitrogens with one attached hydrogen (secondary N) is 1. The Bertz CT molecular complexity index is 1090. The van der Waals surface area contributed by atoms with Gasteiger partial charge in [-0.05, 0) is 40.2 Å². The number of carbonyl (C=O) groups is 1. The third-order valence-electron chi connectivity index (χ3n) is 3.77. The lowest BCUT2D eigenvalue weighted by Gasteiger charge is -2.06. The summed E-state index contributed by atoms with van der Waals surface area (Å²) in [4.78, 5) is 16.6. The van der Waals surface area contributed by atoms with E-state index in [1.165, 1.54) is 18.3 Å². The molecule has 3 aromatic heterocycles. The molecule has 3 heterocycles. The predicted octanol–water partition coefficient (Wildman–Crippen LogP) is 3.24. The lowest BCUT2D eigenvalue weighted by molar-refractivity contribution is 0.0948. The molecule has 130 valence electrons. The molecular formula is C17H11BrFN5O2. The molecule has 0 atom stereocenters. The van der Waals surface area contributed by atoms with Gasteiger partial charge in [-0.25, -0.2) is 9.07 Å². The van der Waals surface area contributed by atoms with Crippen LogP contribution in [0.3, 0.4) is 0 Å². The molecule has 4 rings (SSSR count). The smallest absolute Gasteiger partial charge is 0.253 e. The van der Waals surface area contributed by atoms with Crippen LogP contribution in [-0.4, -0.2) is 25.8 Å². The van der Waals surface area contributed by atoms with Crippen molar-refractivity contribution < 1.29 is 13.7 Å². The highest BCUT2D eigenvalue weighted by atomic mass is 79.9. The van der Waals surface area contributed by atoms with E-state index >= 15 is 0 Å². The fraction of sp³-hybridized carbons (Fsp3) is 0.0588. The molecule has 0 saturated heterocycles. The lowest BCUT2D eigenvalue weighted by atomic mass is 10.2. The maximum Gasteiger partial charge on any atom is 0.253 e. The molecule has 4 aromatic rings. The Hall–Kier alpha value is -3.07. The second-order valence-electron chi connectivity index (χ2n) is 5.45. The van der Waals surface area contributed by atoms with Gasteiger partial charge in [0.2, 0.25) is 0 Å². The maximum absolute atomic E-state index is 13.1. The van der Waals surface area contributed by atoms with E-state index in [4.69, 9.17) is 4.52 Å². The quantitative estimate of drug-likeness (QED) is 0.552. The van der Waals surface area contributed by atoms with Gasteiger partial charge in [-0.3, -0.25) is 9.78 Å². The second kappa shape index (κ2) is 6.68. The molecule has 0 fully saturated rings. The van der Waals surface area contributed by atoms with Crippen LogP contribution in [-0.2, 0) is 6.54 Å². The average molecular weight is 416 g/mol. The minimum Gasteiger partial charge on any atom is -0.358 e. The standard InChI is InChI=1S/C17H11BrFN5O2/c18-16-5-12(26-23-16)6-21-17(25)14-7-20-9-15-13(14)8-22-24(15)11-3-1-10(19)2-4-11/h1-5,7-9H,6H2,(H,21,25). The summed E-state index contributed by atoms with van der Waals surface area (Å²) in [5.41, 5.74) is 1.70. The average Bonchev–Trinajstić information content (AvgIpc) is 3.26. The van der Waals surface area contributed by atoms with Gasteiger partial charge in [0.25, 0.3) is 5.91 Å². The SMILES string of the molecule is O=C(NCc1cc(Br)no1)c1cncc2c1cnn2-c1ccc(F)cc1. The maximum atomic E-state index is 13.1. The van der Waals surface area contributed by atoms with E-state index in [-0.39, 0.29) is 18.3 Å². The Kier molecular flexibility index (Phi) is 4.21. The molecular weight excluding hydrogens is 405 g/mol. The van der Waals surface area contributed by atoms with Crippen molar-refractivity contribution in [3.8, 4) is 5.69 Å². The molecule has 0 spiro atoms. The van der Waals surface area contributed by atoms with E-state index in [1.807, 2.05) is 0 Å². The molecule has 0 radical (unpaired) electrons. The van der Waals surface area contributed by atoms with Crippen molar-refractivity contribution in [2.24, 2.45) is 0 Å². The molecule has 7 nitrogen and oxygen atoms in total. The molecule has 0 unspecified atom stereocenters. The number of benzene rings is 1. The Balaban J connectivity index is 1.63. The van der Waals surface area contributed by atoms with Crippen molar-refractivity contribution >= 4 is 32.7 Å². The fourth-order valence-corrected chi connectivity index (χ4v) is 2.87. The van der Waals surface area contributed by atoms with Gasteiger partial charge in [0.1, 0.15) is 10.4 Å². The van der Waals surface area contributed by atoms with Crippen LogP contribution in [0.25, 0.3) is 16.6 Å². The van der Waals surface area contributed by atoms with Crippen LogP contribution in [0.15, 0.2) is 58.0 Å². The zero-order valence-corrected chi connectivity index (χ0v) is 14.8. The predicted molar refractivity (Wildman–Crippen MR) is 94.2 cm³/mol. The summed E-state index contributed by atoms with van der Waals surface area (Å²) in [5.74, 6) is -0.121. The number of hydrogen-bond donors (Lipinski definition) is 1. The van der Waals surface area contributed by atoms with Crippen LogP contribution in [0.2, 0.25) is 0 Å². The van der Waals surface area contributed by atoms with Crippen LogP contribution in [0.1, 0.15) is 16.1 Å². The number of nitrogens with zero attached hydrogens (tertiary/aromatic N) is 4. The van der Waals surface area contributed by atoms with E-state index < -0.39 is 0 Å². The Morgan fingerprint density at radius 1 is 1.23 bits per heavy atom. The first-order valence-electron chi connectivity index (χ1n) is 7.59. The molecule has 9 heteroatoms. The second-order valence-corrected chi connectivity index (χ2v) is 6.26. The molecule has 0 saturated carbocycles. The molecule has 1 aromatic carbocycles. The zero-order valence-electron chi connectivity index (χ0n) is 13.2. The first-order chi connectivity index (χ1) is 12.6. The normalized spacial score (nSPS) is 11.0. The Morgan fingerprint density at radius 2 is 2.04 bits per heavy atom. The molecule has 0 bridgehead atoms.